The van der Waals surface area contributed by atoms with E-state index in [1.54, 1.807) is 0 Å². The van der Waals surface area contributed by atoms with Gasteiger partial charge in [0.25, 0.3) is 6.33 Å². The first kappa shape index (κ1) is 35.0. The minimum absolute atomic E-state index is 0. The Morgan fingerprint density at radius 1 is 0.633 bits per heavy atom. The second-order valence-electron chi connectivity index (χ2n) is 18.3. The van der Waals surface area contributed by atoms with Crippen LogP contribution in [0.25, 0.3) is 61.2 Å². The molecule has 0 aliphatic heterocycles. The van der Waals surface area contributed by atoms with Crippen LogP contribution >= 0.6 is 0 Å². The van der Waals surface area contributed by atoms with Crippen LogP contribution in [-0.2, 0) is 37.3 Å². The summed E-state index contributed by atoms with van der Waals surface area (Å²) in [5.74, 6) is 1.86. The van der Waals surface area contributed by atoms with E-state index in [1.165, 1.54) is 5.56 Å². The van der Waals surface area contributed by atoms with E-state index < -0.39 is 16.9 Å². The molecule has 3 heterocycles. The smallest absolute Gasteiger partial charge is 0.268 e. The third-order valence-electron chi connectivity index (χ3n) is 10.9. The molecule has 304 valence electrons. The van der Waals surface area contributed by atoms with Crippen molar-refractivity contribution in [1.29, 1.82) is 0 Å². The number of hydrogen-bond donors (Lipinski definition) is 0. The molecule has 0 fully saturated rings. The van der Waals surface area contributed by atoms with E-state index in [4.69, 9.17) is 16.6 Å². The van der Waals surface area contributed by atoms with E-state index in [1.807, 2.05) is 65.4 Å². The van der Waals surface area contributed by atoms with E-state index in [0.717, 1.165) is 61.2 Å². The third-order valence-corrected chi connectivity index (χ3v) is 10.9. The zero-order valence-electron chi connectivity index (χ0n) is 40.4. The molecule has 0 unspecified atom stereocenters. The van der Waals surface area contributed by atoms with Crippen LogP contribution in [0.1, 0.15) is 85.9 Å². The van der Waals surface area contributed by atoms with Crippen LogP contribution in [0.2, 0.25) is 0 Å². The summed E-state index contributed by atoms with van der Waals surface area (Å²) < 4.78 is 55.7. The van der Waals surface area contributed by atoms with E-state index >= 15 is 0 Å². The number of benzene rings is 6. The fourth-order valence-electron chi connectivity index (χ4n) is 7.89. The van der Waals surface area contributed by atoms with Crippen LogP contribution in [0.5, 0.6) is 11.5 Å². The molecule has 0 atom stereocenters. The summed E-state index contributed by atoms with van der Waals surface area (Å²) in [6.45, 7) is 19.4. The standard InChI is InChI=1S/C54H50N4O.Pt/c1-52(2,3)38-28-29-55-50(32-38)58-46-23-14-13-22-42(46)43-27-26-41(34-49(43)58)59-40-21-17-20-39(33-40)56-35-57(48-25-16-15-24-47(48)56)51-44(53(4,5)6)30-37(31-45(51)54(7,8)9)36-18-11-10-12-19-36;/h10-32H,1-9H3;/q-2;/i10D,11D,12D,18D,19D;. The van der Waals surface area contributed by atoms with Crippen LogP contribution in [0.15, 0.2) is 140 Å². The van der Waals surface area contributed by atoms with Crippen molar-refractivity contribution in [1.82, 2.24) is 14.1 Å². The number of pyridine rings is 1. The summed E-state index contributed by atoms with van der Waals surface area (Å²) in [7, 11) is 0. The largest absolute Gasteiger partial charge is 0.510 e. The van der Waals surface area contributed by atoms with E-state index in [2.05, 4.69) is 138 Å². The molecule has 0 aliphatic carbocycles. The SMILES string of the molecule is [2H]c1c([2H])c([2H])c(-c2cc(C(C)(C)C)c(-[n+]3[c-]n(-c4[c-]c(Oc5[c-]c6c(cc5)c5ccccc5n6-c5cc(C(C)(C)C)ccn5)ccc4)c4ccccc43)c(C(C)(C)C)c2)c([2H])c1[2H].[Pt]. The molecule has 5 nitrogen and oxygen atoms in total. The first-order valence-electron chi connectivity index (χ1n) is 22.6. The number of ether oxygens (including phenoxy) is 1. The molecule has 0 saturated carbocycles. The summed E-state index contributed by atoms with van der Waals surface area (Å²) in [5, 5.41) is 2.15. The zero-order valence-corrected chi connectivity index (χ0v) is 37.7. The number of imidazole rings is 1. The molecule has 0 spiro atoms. The minimum atomic E-state index is -0.433. The quantitative estimate of drug-likeness (QED) is 0.123. The van der Waals surface area contributed by atoms with E-state index in [9.17, 15) is 0 Å². The molecule has 60 heavy (non-hydrogen) atoms. The summed E-state index contributed by atoms with van der Waals surface area (Å²) in [5.41, 5.74) is 8.24. The maximum Gasteiger partial charge on any atom is 0.268 e. The number of hydrogen-bond acceptors (Lipinski definition) is 2. The molecule has 6 heteroatoms. The van der Waals surface area contributed by atoms with Gasteiger partial charge in [0.05, 0.1) is 23.6 Å². The molecule has 0 bridgehead atoms. The van der Waals surface area contributed by atoms with Crippen molar-refractivity contribution in [2.75, 3.05) is 0 Å². The second kappa shape index (κ2) is 15.4. The Balaban J connectivity index is 0.00000576. The summed E-state index contributed by atoms with van der Waals surface area (Å²) in [4.78, 5) is 4.83. The van der Waals surface area contributed by atoms with E-state index in [0.29, 0.717) is 17.1 Å². The Kier molecular flexibility index (Phi) is 8.97. The fourth-order valence-corrected chi connectivity index (χ4v) is 7.89. The summed E-state index contributed by atoms with van der Waals surface area (Å²) in [6, 6.07) is 40.0. The monoisotopic (exact) mass is 970 g/mol. The average molecular weight is 971 g/mol. The van der Waals surface area contributed by atoms with Crippen LogP contribution in [-0.4, -0.2) is 14.1 Å². The van der Waals surface area contributed by atoms with Crippen molar-refractivity contribution in [3.63, 3.8) is 0 Å². The topological polar surface area (TPSA) is 35.9 Å². The first-order valence-corrected chi connectivity index (χ1v) is 20.1. The number of rotatable bonds is 6. The normalized spacial score (nSPS) is 13.4. The van der Waals surface area contributed by atoms with Crippen molar-refractivity contribution in [2.24, 2.45) is 0 Å². The van der Waals surface area contributed by atoms with Crippen LogP contribution in [0.4, 0.5) is 0 Å². The van der Waals surface area contributed by atoms with Gasteiger partial charge in [-0.15, -0.1) is 29.7 Å². The van der Waals surface area contributed by atoms with Crippen molar-refractivity contribution in [3.8, 4) is 39.8 Å². The Morgan fingerprint density at radius 3 is 2.00 bits per heavy atom. The molecule has 6 aromatic carbocycles. The summed E-state index contributed by atoms with van der Waals surface area (Å²) in [6.07, 6.45) is 5.57. The van der Waals surface area contributed by atoms with Gasteiger partial charge in [0.1, 0.15) is 5.82 Å². The minimum Gasteiger partial charge on any atom is -0.510 e. The van der Waals surface area contributed by atoms with Gasteiger partial charge in [0, 0.05) is 44.3 Å². The predicted molar refractivity (Wildman–Crippen MR) is 242 cm³/mol. The van der Waals surface area contributed by atoms with Gasteiger partial charge in [-0.2, -0.15) is 18.2 Å². The van der Waals surface area contributed by atoms with E-state index in [-0.39, 0.29) is 56.2 Å². The van der Waals surface area contributed by atoms with Crippen LogP contribution < -0.4 is 9.30 Å². The molecular weight excluding hydrogens is 916 g/mol. The molecule has 9 aromatic rings. The Morgan fingerprint density at radius 2 is 1.30 bits per heavy atom. The molecule has 0 saturated heterocycles. The van der Waals surface area contributed by atoms with Crippen LogP contribution in [0.3, 0.4) is 0 Å². The maximum absolute atomic E-state index is 8.86. The van der Waals surface area contributed by atoms with Crippen molar-refractivity contribution < 1.29 is 37.2 Å². The Labute approximate surface area is 375 Å². The Hall–Kier alpha value is -5.77. The van der Waals surface area contributed by atoms with Crippen molar-refractivity contribution >= 4 is 32.8 Å². The fraction of sp³-hybridized carbons (Fsp3) is 0.222. The van der Waals surface area contributed by atoms with Gasteiger partial charge in [0.15, 0.2) is 0 Å². The average Bonchev–Trinajstić information content (AvgIpc) is 3.80. The summed E-state index contributed by atoms with van der Waals surface area (Å²) >= 11 is 0. The number of fused-ring (bicyclic) bond motifs is 4. The van der Waals surface area contributed by atoms with Crippen molar-refractivity contribution in [2.45, 2.75) is 78.6 Å². The second-order valence-corrected chi connectivity index (χ2v) is 18.3. The number of aromatic nitrogens is 4. The molecule has 0 aliphatic rings. The maximum atomic E-state index is 8.86. The molecule has 0 amide bonds. The van der Waals surface area contributed by atoms with Crippen molar-refractivity contribution in [3.05, 3.63) is 175 Å². The zero-order chi connectivity index (χ0) is 45.6. The van der Waals surface area contributed by atoms with Gasteiger partial charge >= 0.3 is 0 Å². The van der Waals surface area contributed by atoms with Gasteiger partial charge < -0.3 is 13.9 Å². The molecular formula is C54H50N4OPt-2. The molecule has 0 N–H and O–H groups in total. The third kappa shape index (κ3) is 7.50. The van der Waals surface area contributed by atoms with Gasteiger partial charge in [-0.25, -0.2) is 4.98 Å². The van der Waals surface area contributed by atoms with Gasteiger partial charge in [0.2, 0.25) is 0 Å². The molecule has 9 rings (SSSR count). The molecule has 3 aromatic heterocycles. The first-order chi connectivity index (χ1) is 30.2. The number of nitrogens with zero attached hydrogens (tertiary/aromatic N) is 4. The number of para-hydroxylation sites is 3. The predicted octanol–water partition coefficient (Wildman–Crippen LogP) is 13.1. The molecule has 0 radical (unpaired) electrons. The van der Waals surface area contributed by atoms with Crippen LogP contribution in [0, 0.1) is 18.5 Å². The van der Waals surface area contributed by atoms with Gasteiger partial charge in [-0.05, 0) is 73.3 Å². The Bertz CT molecular complexity index is 3270. The van der Waals surface area contributed by atoms with Gasteiger partial charge in [-0.3, -0.25) is 4.57 Å². The van der Waals surface area contributed by atoms with Gasteiger partial charge in [-0.1, -0.05) is 153 Å².